The Morgan fingerprint density at radius 2 is 1.62 bits per heavy atom. The molecule has 3 aromatic heterocycles. The molecule has 1 aliphatic rings. The van der Waals surface area contributed by atoms with E-state index < -0.39 is 0 Å². The van der Waals surface area contributed by atoms with E-state index in [9.17, 15) is 0 Å². The van der Waals surface area contributed by atoms with Crippen LogP contribution in [0.2, 0.25) is 0 Å². The third-order valence-electron chi connectivity index (χ3n) is 5.80. The van der Waals surface area contributed by atoms with E-state index in [1.54, 1.807) is 0 Å². The van der Waals surface area contributed by atoms with Crippen molar-refractivity contribution in [3.63, 3.8) is 0 Å². The number of rotatable bonds is 4. The summed E-state index contributed by atoms with van der Waals surface area (Å²) >= 11 is 0. The summed E-state index contributed by atoms with van der Waals surface area (Å²) in [4.78, 5) is 25.0. The van der Waals surface area contributed by atoms with Crippen LogP contribution in [0.5, 0.6) is 0 Å². The van der Waals surface area contributed by atoms with Crippen molar-refractivity contribution in [3.8, 4) is 11.1 Å². The van der Waals surface area contributed by atoms with Crippen LogP contribution in [0.25, 0.3) is 21.9 Å². The second-order valence-corrected chi connectivity index (χ2v) is 8.07. The quantitative estimate of drug-likeness (QED) is 0.533. The lowest BCUT2D eigenvalue weighted by Gasteiger charge is -2.35. The molecule has 1 aliphatic heterocycles. The number of fused-ring (bicyclic) bond motifs is 1. The molecule has 0 bridgehead atoms. The van der Waals surface area contributed by atoms with Gasteiger partial charge >= 0.3 is 0 Å². The van der Waals surface area contributed by atoms with Gasteiger partial charge in [0.25, 0.3) is 0 Å². The standard InChI is InChI=1S/C24H26N8/c1-30(2)23-21(19-16-26-15-17-7-3-4-8-18(17)19)22(25)28-24(29-23)32-13-11-31(12-14-32)20-9-5-6-10-27-20/h3-10,15-16H,11-14H2,1-2H3,(H2,25,28,29). The summed E-state index contributed by atoms with van der Waals surface area (Å²) in [6.07, 6.45) is 5.53. The number of nitrogen functional groups attached to an aromatic ring is 1. The van der Waals surface area contributed by atoms with Crippen LogP contribution in [-0.2, 0) is 0 Å². The Balaban J connectivity index is 1.49. The van der Waals surface area contributed by atoms with E-state index >= 15 is 0 Å². The van der Waals surface area contributed by atoms with Crippen LogP contribution in [0.4, 0.5) is 23.4 Å². The molecule has 162 valence electrons. The normalized spacial score (nSPS) is 14.1. The smallest absolute Gasteiger partial charge is 0.229 e. The predicted octanol–water partition coefficient (Wildman–Crippen LogP) is 3.06. The second-order valence-electron chi connectivity index (χ2n) is 8.07. The minimum Gasteiger partial charge on any atom is -0.383 e. The monoisotopic (exact) mass is 426 g/mol. The van der Waals surface area contributed by atoms with E-state index in [4.69, 9.17) is 15.7 Å². The minimum atomic E-state index is 0.462. The third kappa shape index (κ3) is 3.64. The molecular weight excluding hydrogens is 400 g/mol. The van der Waals surface area contributed by atoms with Crippen molar-refractivity contribution in [1.29, 1.82) is 0 Å². The maximum atomic E-state index is 6.56. The Kier molecular flexibility index (Phi) is 5.18. The van der Waals surface area contributed by atoms with Gasteiger partial charge in [-0.25, -0.2) is 4.98 Å². The van der Waals surface area contributed by atoms with Crippen LogP contribution >= 0.6 is 0 Å². The molecule has 5 rings (SSSR count). The average Bonchev–Trinajstić information content (AvgIpc) is 2.84. The van der Waals surface area contributed by atoms with Gasteiger partial charge in [-0.05, 0) is 17.5 Å². The zero-order valence-corrected chi connectivity index (χ0v) is 18.3. The van der Waals surface area contributed by atoms with Gasteiger partial charge in [0.2, 0.25) is 5.95 Å². The molecule has 32 heavy (non-hydrogen) atoms. The summed E-state index contributed by atoms with van der Waals surface area (Å²) in [5.41, 5.74) is 8.31. The maximum Gasteiger partial charge on any atom is 0.229 e. The van der Waals surface area contributed by atoms with Crippen LogP contribution in [0, 0.1) is 0 Å². The molecule has 1 aromatic carbocycles. The maximum absolute atomic E-state index is 6.56. The van der Waals surface area contributed by atoms with Crippen LogP contribution in [0.1, 0.15) is 0 Å². The molecule has 0 spiro atoms. The number of benzene rings is 1. The molecule has 4 aromatic rings. The SMILES string of the molecule is CN(C)c1nc(N2CCN(c3ccccn3)CC2)nc(N)c1-c1cncc2ccccc12. The summed E-state index contributed by atoms with van der Waals surface area (Å²) < 4.78 is 0. The highest BCUT2D eigenvalue weighted by atomic mass is 15.3. The molecule has 8 nitrogen and oxygen atoms in total. The van der Waals surface area contributed by atoms with E-state index in [2.05, 4.69) is 25.8 Å². The first-order chi connectivity index (χ1) is 15.6. The summed E-state index contributed by atoms with van der Waals surface area (Å²) in [5, 5.41) is 2.14. The van der Waals surface area contributed by atoms with Crippen molar-refractivity contribution in [2.75, 3.05) is 60.7 Å². The van der Waals surface area contributed by atoms with Crippen LogP contribution < -0.4 is 20.4 Å². The highest BCUT2D eigenvalue weighted by Crippen LogP contribution is 2.38. The summed E-state index contributed by atoms with van der Waals surface area (Å²) in [7, 11) is 3.96. The number of hydrogen-bond donors (Lipinski definition) is 1. The van der Waals surface area contributed by atoms with Gasteiger partial charge in [-0.1, -0.05) is 30.3 Å². The molecule has 0 unspecified atom stereocenters. The molecule has 8 heteroatoms. The molecule has 2 N–H and O–H groups in total. The average molecular weight is 427 g/mol. The lowest BCUT2D eigenvalue weighted by atomic mass is 10.0. The largest absolute Gasteiger partial charge is 0.383 e. The molecule has 1 saturated heterocycles. The highest BCUT2D eigenvalue weighted by molar-refractivity contribution is 6.01. The van der Waals surface area contributed by atoms with Gasteiger partial charge in [-0.2, -0.15) is 9.97 Å². The van der Waals surface area contributed by atoms with E-state index in [-0.39, 0.29) is 0 Å². The molecule has 4 heterocycles. The summed E-state index contributed by atoms with van der Waals surface area (Å²) in [6.45, 7) is 3.31. The lowest BCUT2D eigenvalue weighted by molar-refractivity contribution is 0.635. The van der Waals surface area contributed by atoms with Crippen molar-refractivity contribution < 1.29 is 0 Å². The molecular formula is C24H26N8. The molecule has 0 radical (unpaired) electrons. The highest BCUT2D eigenvalue weighted by Gasteiger charge is 2.24. The van der Waals surface area contributed by atoms with Crippen LogP contribution in [0.15, 0.2) is 61.1 Å². The minimum absolute atomic E-state index is 0.462. The third-order valence-corrected chi connectivity index (χ3v) is 5.80. The van der Waals surface area contributed by atoms with Crippen molar-refractivity contribution in [3.05, 3.63) is 61.1 Å². The topological polar surface area (TPSA) is 87.3 Å². The van der Waals surface area contributed by atoms with Gasteiger partial charge in [0.1, 0.15) is 17.5 Å². The molecule has 0 amide bonds. The molecule has 0 atom stereocenters. The lowest BCUT2D eigenvalue weighted by Crippen LogP contribution is -2.47. The molecule has 1 fully saturated rings. The van der Waals surface area contributed by atoms with E-state index in [0.29, 0.717) is 11.8 Å². The summed E-state index contributed by atoms with van der Waals surface area (Å²) in [5.74, 6) is 2.91. The first-order valence-electron chi connectivity index (χ1n) is 10.7. The first-order valence-corrected chi connectivity index (χ1v) is 10.7. The fraction of sp³-hybridized carbons (Fsp3) is 0.250. The van der Waals surface area contributed by atoms with Crippen LogP contribution in [-0.4, -0.2) is 60.2 Å². The van der Waals surface area contributed by atoms with E-state index in [1.165, 1.54) is 0 Å². The predicted molar refractivity (Wildman–Crippen MR) is 130 cm³/mol. The van der Waals surface area contributed by atoms with Gasteiger partial charge in [0.15, 0.2) is 0 Å². The number of pyridine rings is 2. The zero-order valence-electron chi connectivity index (χ0n) is 18.3. The molecule has 0 aliphatic carbocycles. The number of piperazine rings is 1. The van der Waals surface area contributed by atoms with Crippen LogP contribution in [0.3, 0.4) is 0 Å². The van der Waals surface area contributed by atoms with Crippen molar-refractivity contribution in [2.45, 2.75) is 0 Å². The summed E-state index contributed by atoms with van der Waals surface area (Å²) in [6, 6.07) is 14.2. The second kappa shape index (κ2) is 8.30. The van der Waals surface area contributed by atoms with Gasteiger partial charge in [0.05, 0.1) is 5.56 Å². The van der Waals surface area contributed by atoms with Crippen molar-refractivity contribution >= 4 is 34.2 Å². The van der Waals surface area contributed by atoms with Gasteiger partial charge in [0, 0.05) is 69.8 Å². The van der Waals surface area contributed by atoms with Crippen molar-refractivity contribution in [1.82, 2.24) is 19.9 Å². The Morgan fingerprint density at radius 1 is 0.875 bits per heavy atom. The van der Waals surface area contributed by atoms with E-state index in [1.807, 2.05) is 74.0 Å². The van der Waals surface area contributed by atoms with Crippen molar-refractivity contribution in [2.24, 2.45) is 0 Å². The fourth-order valence-corrected chi connectivity index (χ4v) is 4.17. The number of hydrogen-bond acceptors (Lipinski definition) is 8. The Bertz CT molecular complexity index is 1230. The van der Waals surface area contributed by atoms with E-state index in [0.717, 1.165) is 59.7 Å². The number of nitrogens with zero attached hydrogens (tertiary/aromatic N) is 7. The van der Waals surface area contributed by atoms with Gasteiger partial charge in [-0.15, -0.1) is 0 Å². The Labute approximate surface area is 187 Å². The van der Waals surface area contributed by atoms with Gasteiger partial charge < -0.3 is 20.4 Å². The number of aromatic nitrogens is 4. The zero-order chi connectivity index (χ0) is 22.1. The number of nitrogens with two attached hydrogens (primary N) is 1. The molecule has 0 saturated carbocycles. The Hall–Kier alpha value is -3.94. The van der Waals surface area contributed by atoms with Gasteiger partial charge in [-0.3, -0.25) is 4.98 Å². The first kappa shape index (κ1) is 20.0. The fourth-order valence-electron chi connectivity index (χ4n) is 4.17. The number of anilines is 4. The Morgan fingerprint density at radius 3 is 2.38 bits per heavy atom.